The van der Waals surface area contributed by atoms with Crippen molar-refractivity contribution in [2.24, 2.45) is 16.1 Å². The van der Waals surface area contributed by atoms with Crippen molar-refractivity contribution >= 4 is 36.4 Å². The number of halogens is 2. The SMILES string of the molecule is CN(C)/N=N/c1nc[nH]c1C(N)=O.N.N.Nc1ccn([C@@H]2O[C@H](CO)[C@@H](O)[C@@H]2O)c(=O)n1.[Cl][Pt][Cl]. The number of primary amides is 1. The van der Waals surface area contributed by atoms with E-state index in [1.165, 1.54) is 23.6 Å². The number of imidazole rings is 1. The van der Waals surface area contributed by atoms with E-state index in [0.717, 1.165) is 4.57 Å². The summed E-state index contributed by atoms with van der Waals surface area (Å²) in [5.74, 6) is -0.357. The van der Waals surface area contributed by atoms with Crippen molar-refractivity contribution in [1.29, 1.82) is 0 Å². The molecule has 1 aliphatic rings. The van der Waals surface area contributed by atoms with E-state index in [0.29, 0.717) is 0 Å². The fourth-order valence-electron chi connectivity index (χ4n) is 2.41. The molecule has 17 nitrogen and oxygen atoms in total. The van der Waals surface area contributed by atoms with Gasteiger partial charge in [-0.1, -0.05) is 5.22 Å². The number of carbonyl (C=O) groups is 1. The Morgan fingerprint density at radius 3 is 2.40 bits per heavy atom. The number of carbonyl (C=O) groups excluding carboxylic acids is 1. The van der Waals surface area contributed by atoms with Gasteiger partial charge in [0.2, 0.25) is 5.82 Å². The Labute approximate surface area is 216 Å². The number of nitrogens with two attached hydrogens (primary N) is 2. The van der Waals surface area contributed by atoms with Crippen LogP contribution in [-0.2, 0) is 21.2 Å². The van der Waals surface area contributed by atoms with Crippen molar-refractivity contribution in [3.63, 3.8) is 0 Å². The summed E-state index contributed by atoms with van der Waals surface area (Å²) in [6, 6.07) is 1.37. The molecule has 20 heteroatoms. The van der Waals surface area contributed by atoms with Crippen LogP contribution in [0.2, 0.25) is 0 Å². The second kappa shape index (κ2) is 17.3. The third kappa shape index (κ3) is 10.5. The number of aliphatic hydroxyl groups excluding tert-OH is 3. The van der Waals surface area contributed by atoms with Crippen LogP contribution in [0.15, 0.2) is 33.7 Å². The summed E-state index contributed by atoms with van der Waals surface area (Å²) in [6.07, 6.45) is -1.93. The van der Waals surface area contributed by atoms with Crippen molar-refractivity contribution in [2.75, 3.05) is 26.4 Å². The molecule has 35 heavy (non-hydrogen) atoms. The van der Waals surface area contributed by atoms with Gasteiger partial charge in [0.25, 0.3) is 5.91 Å². The first-order valence-electron chi connectivity index (χ1n) is 8.78. The van der Waals surface area contributed by atoms with Gasteiger partial charge in [-0.3, -0.25) is 14.4 Å². The van der Waals surface area contributed by atoms with Crippen LogP contribution < -0.4 is 29.5 Å². The van der Waals surface area contributed by atoms with E-state index in [2.05, 4.69) is 25.3 Å². The molecule has 2 aromatic heterocycles. The van der Waals surface area contributed by atoms with Gasteiger partial charge in [0, 0.05) is 20.3 Å². The first kappa shape index (κ1) is 35.0. The zero-order valence-electron chi connectivity index (χ0n) is 18.6. The van der Waals surface area contributed by atoms with Crippen molar-refractivity contribution in [3.05, 3.63) is 34.8 Å². The number of amides is 1. The molecule has 0 spiro atoms. The van der Waals surface area contributed by atoms with E-state index >= 15 is 0 Å². The molecule has 2 aromatic rings. The van der Waals surface area contributed by atoms with Crippen molar-refractivity contribution in [1.82, 2.24) is 36.8 Å². The topological polar surface area (TPSA) is 301 Å². The molecule has 14 N–H and O–H groups in total. The zero-order chi connectivity index (χ0) is 25.1. The number of ether oxygens (including phenoxy) is 1. The summed E-state index contributed by atoms with van der Waals surface area (Å²) in [6.45, 7) is -0.453. The molecular weight excluding hydrogens is 696 g/mol. The number of hydrogen-bond donors (Lipinski definition) is 8. The van der Waals surface area contributed by atoms with Crippen LogP contribution in [0.5, 0.6) is 0 Å². The summed E-state index contributed by atoms with van der Waals surface area (Å²) in [5, 5.41) is 37.0. The number of anilines is 1. The number of rotatable bonds is 5. The summed E-state index contributed by atoms with van der Waals surface area (Å²) >= 11 is -0.472. The Morgan fingerprint density at radius 2 is 1.94 bits per heavy atom. The summed E-state index contributed by atoms with van der Waals surface area (Å²) in [4.78, 5) is 32.1. The Kier molecular flexibility index (Phi) is 17.2. The molecule has 0 aromatic carbocycles. The molecule has 1 saturated heterocycles. The van der Waals surface area contributed by atoms with Crippen LogP contribution in [0, 0.1) is 0 Å². The Hall–Kier alpha value is -2.21. The third-order valence-electron chi connectivity index (χ3n) is 3.83. The molecule has 4 atom stereocenters. The molecule has 0 saturated carbocycles. The average Bonchev–Trinajstić information content (AvgIpc) is 3.33. The second-order valence-electron chi connectivity index (χ2n) is 6.32. The van der Waals surface area contributed by atoms with Crippen LogP contribution in [0.1, 0.15) is 16.7 Å². The molecule has 3 rings (SSSR count). The fraction of sp³-hybridized carbons (Fsp3) is 0.467. The Balaban J connectivity index is 0. The van der Waals surface area contributed by atoms with Gasteiger partial charge in [-0.15, -0.1) is 5.11 Å². The Morgan fingerprint density at radius 1 is 1.34 bits per heavy atom. The maximum absolute atomic E-state index is 11.5. The van der Waals surface area contributed by atoms with Gasteiger partial charge in [-0.05, 0) is 6.07 Å². The summed E-state index contributed by atoms with van der Waals surface area (Å²) < 4.78 is 6.19. The van der Waals surface area contributed by atoms with Gasteiger partial charge in [-0.25, -0.2) is 9.78 Å². The summed E-state index contributed by atoms with van der Waals surface area (Å²) in [5.41, 5.74) is 9.83. The molecule has 0 unspecified atom stereocenters. The third-order valence-corrected chi connectivity index (χ3v) is 3.83. The molecule has 204 valence electrons. The van der Waals surface area contributed by atoms with Crippen LogP contribution in [-0.4, -0.2) is 84.8 Å². The van der Waals surface area contributed by atoms with Crippen molar-refractivity contribution < 1.29 is 41.3 Å². The number of aromatic amines is 1. The van der Waals surface area contributed by atoms with Gasteiger partial charge in [0.05, 0.1) is 12.9 Å². The van der Waals surface area contributed by atoms with E-state index in [1.54, 1.807) is 14.1 Å². The van der Waals surface area contributed by atoms with Gasteiger partial charge in [0.1, 0.15) is 24.1 Å². The number of hydrogen-bond acceptors (Lipinski definition) is 13. The van der Waals surface area contributed by atoms with Gasteiger partial charge >= 0.3 is 41.0 Å². The van der Waals surface area contributed by atoms with Gasteiger partial charge in [-0.2, -0.15) is 4.98 Å². The molecule has 1 aliphatic heterocycles. The average molecular weight is 725 g/mol. The van der Waals surface area contributed by atoms with E-state index < -0.39 is 59.2 Å². The number of nitrogen functional groups attached to an aromatic ring is 1. The monoisotopic (exact) mass is 724 g/mol. The first-order valence-corrected chi connectivity index (χ1v) is 14.4. The van der Waals surface area contributed by atoms with Crippen molar-refractivity contribution in [2.45, 2.75) is 24.5 Å². The van der Waals surface area contributed by atoms with Gasteiger partial charge in [0.15, 0.2) is 11.9 Å². The number of aliphatic hydroxyl groups is 3. The first-order chi connectivity index (χ1) is 15.6. The van der Waals surface area contributed by atoms with E-state index in [1.807, 2.05) is 0 Å². The maximum atomic E-state index is 11.5. The number of aromatic nitrogens is 4. The quantitative estimate of drug-likeness (QED) is 0.139. The van der Waals surface area contributed by atoms with Crippen LogP contribution >= 0.6 is 18.8 Å². The minimum atomic E-state index is -1.31. The number of H-pyrrole nitrogens is 1. The molecule has 0 bridgehead atoms. The molecule has 3 heterocycles. The van der Waals surface area contributed by atoms with Crippen LogP contribution in [0.4, 0.5) is 11.6 Å². The van der Waals surface area contributed by atoms with E-state index in [-0.39, 0.29) is 29.6 Å². The molecule has 1 amide bonds. The fourth-order valence-corrected chi connectivity index (χ4v) is 2.41. The standard InChI is InChI=1S/C9H13N3O5.C6H10N6O.2ClH.2H3N.Pt/c10-5-1-2-12(9(16)11-5)8-7(15)6(14)4(3-13)17-8;1-12(2)11-10-6-4(5(7)13)8-3-9-6;;;;;/h1-2,4,6-8,13-15H,3H2,(H2,10,11,16);3H,1-2H3,(H2,7,13)(H,8,9);2*1H;2*1H3;/q;;;;;;+2/p-2/b;11-10+;;;;;/t4-,6-,7+,8-;;;;;;/m1....../s1. The second-order valence-corrected chi connectivity index (χ2v) is 9.60. The molecule has 1 fully saturated rings. The number of nitrogens with one attached hydrogen (secondary N) is 1. The van der Waals surface area contributed by atoms with E-state index in [4.69, 9.17) is 40.1 Å². The molecule has 0 aliphatic carbocycles. The van der Waals surface area contributed by atoms with Crippen LogP contribution in [0.25, 0.3) is 0 Å². The number of nitrogens with zero attached hydrogens (tertiary/aromatic N) is 6. The molecular formula is C15H29Cl2N11O6Pt. The Bertz CT molecular complexity index is 979. The molecule has 0 radical (unpaired) electrons. The van der Waals surface area contributed by atoms with E-state index in [9.17, 15) is 19.8 Å². The predicted octanol–water partition coefficient (Wildman–Crippen LogP) is -0.794. The summed E-state index contributed by atoms with van der Waals surface area (Å²) in [7, 11) is 13.2. The minimum absolute atomic E-state index is 0. The normalized spacial score (nSPS) is 20.5. The van der Waals surface area contributed by atoms with Crippen molar-refractivity contribution in [3.8, 4) is 0 Å². The van der Waals surface area contributed by atoms with Crippen LogP contribution in [0.3, 0.4) is 0 Å². The predicted molar refractivity (Wildman–Crippen MR) is 123 cm³/mol. The van der Waals surface area contributed by atoms with Gasteiger partial charge < -0.3 is 48.8 Å². The zero-order valence-corrected chi connectivity index (χ0v) is 22.4.